The second-order valence-electron chi connectivity index (χ2n) is 15.6. The van der Waals surface area contributed by atoms with Crippen molar-refractivity contribution in [1.29, 1.82) is 0 Å². The van der Waals surface area contributed by atoms with Gasteiger partial charge in [-0.1, -0.05) is 19.4 Å². The predicted octanol–water partition coefficient (Wildman–Crippen LogP) is 4.60. The minimum atomic E-state index is -1.20. The number of anilines is 1. The second kappa shape index (κ2) is 14.1. The van der Waals surface area contributed by atoms with Crippen LogP contribution in [0.4, 0.5) is 14.6 Å². The number of halogens is 2. The zero-order valence-electron chi connectivity index (χ0n) is 30.5. The van der Waals surface area contributed by atoms with Gasteiger partial charge in [0.25, 0.3) is 0 Å². The number of aromatic hydroxyl groups is 1. The maximum Gasteiger partial charge on any atom is 0.319 e. The van der Waals surface area contributed by atoms with Gasteiger partial charge in [0.2, 0.25) is 6.41 Å². The van der Waals surface area contributed by atoms with Crippen LogP contribution in [-0.2, 0) is 15.9 Å². The molecule has 4 aromatic rings. The number of likely N-dealkylation sites (tertiary alicyclic amines) is 1. The van der Waals surface area contributed by atoms with Crippen LogP contribution in [0.2, 0.25) is 0 Å². The number of ether oxygens (including phenoxy) is 3. The van der Waals surface area contributed by atoms with E-state index >= 15 is 8.78 Å². The molecule has 5 atom stereocenters. The van der Waals surface area contributed by atoms with Gasteiger partial charge < -0.3 is 34.4 Å². The highest BCUT2D eigenvalue weighted by Gasteiger charge is 2.49. The third-order valence-electron chi connectivity index (χ3n) is 11.9. The lowest BCUT2D eigenvalue weighted by Crippen LogP contribution is -2.55. The molecule has 1 aliphatic carbocycles. The van der Waals surface area contributed by atoms with E-state index in [0.29, 0.717) is 60.3 Å². The number of fused-ring (bicyclic) bond motifs is 3. The standard InChI is InChI=1S/C39H48F2N6O6/c1-4-26-29(40)9-8-23-15-25(48)16-27(31(23)26)33-32(41)34-28(17-42-33)35(47-13-14-51-21-38(2,50)20-47)44-36(43-34)53-22-39-10-5-7-30(39)46(12-6-11-39)18-24-19-52-37(49)45(24)3/h8-9,15-17,24,30,37,48-50H,4-7,10-14,18-22H2,1-3H3/t24?,30?,37?,38-,39+/m0/s1. The number of hydrogen-bond acceptors (Lipinski definition) is 12. The Morgan fingerprint density at radius 3 is 2.74 bits per heavy atom. The van der Waals surface area contributed by atoms with Crippen molar-refractivity contribution >= 4 is 27.5 Å². The van der Waals surface area contributed by atoms with Crippen molar-refractivity contribution in [1.82, 2.24) is 24.8 Å². The van der Waals surface area contributed by atoms with E-state index in [0.717, 1.165) is 45.2 Å². The van der Waals surface area contributed by atoms with Gasteiger partial charge in [-0.05, 0) is 87.2 Å². The molecule has 4 aliphatic rings. The van der Waals surface area contributed by atoms with E-state index in [2.05, 4.69) is 14.9 Å². The van der Waals surface area contributed by atoms with E-state index in [9.17, 15) is 15.3 Å². The average molecular weight is 735 g/mol. The van der Waals surface area contributed by atoms with Crippen LogP contribution >= 0.6 is 0 Å². The molecule has 0 bridgehead atoms. The Labute approximate surface area is 307 Å². The molecule has 1 saturated carbocycles. The molecule has 2 aromatic carbocycles. The summed E-state index contributed by atoms with van der Waals surface area (Å²) in [5.74, 6) is -0.908. The van der Waals surface area contributed by atoms with E-state index in [1.807, 2.05) is 23.8 Å². The summed E-state index contributed by atoms with van der Waals surface area (Å²) in [5, 5.41) is 33.3. The number of phenolic OH excluding ortho intramolecular Hbond substituents is 1. The Morgan fingerprint density at radius 2 is 1.94 bits per heavy atom. The molecule has 12 nitrogen and oxygen atoms in total. The van der Waals surface area contributed by atoms with Gasteiger partial charge in [-0.3, -0.25) is 14.8 Å². The van der Waals surface area contributed by atoms with Crippen LogP contribution in [0.1, 0.15) is 51.5 Å². The van der Waals surface area contributed by atoms with Crippen molar-refractivity contribution in [2.75, 3.05) is 64.6 Å². The Balaban J connectivity index is 1.19. The third kappa shape index (κ3) is 6.67. The number of aliphatic hydroxyl groups excluding tert-OH is 1. The molecular formula is C39H48F2N6O6. The molecule has 3 N–H and O–H groups in total. The van der Waals surface area contributed by atoms with Gasteiger partial charge in [0.05, 0.1) is 44.4 Å². The highest BCUT2D eigenvalue weighted by Crippen LogP contribution is 2.48. The number of phenols is 1. The first-order chi connectivity index (χ1) is 25.5. The minimum absolute atomic E-state index is 0.0126. The number of benzene rings is 2. The van der Waals surface area contributed by atoms with Crippen molar-refractivity contribution in [3.8, 4) is 23.0 Å². The Hall–Kier alpha value is -3.79. The minimum Gasteiger partial charge on any atom is -0.508 e. The highest BCUT2D eigenvalue weighted by molar-refractivity contribution is 6.01. The maximum absolute atomic E-state index is 17.1. The Bertz CT molecular complexity index is 2020. The van der Waals surface area contributed by atoms with E-state index < -0.39 is 23.6 Å². The number of rotatable bonds is 8. The summed E-state index contributed by atoms with van der Waals surface area (Å²) in [4.78, 5) is 20.3. The number of aromatic nitrogens is 3. The molecule has 53 heavy (non-hydrogen) atoms. The number of nitrogens with zero attached hydrogens (tertiary/aromatic N) is 6. The van der Waals surface area contributed by atoms with E-state index in [1.54, 1.807) is 13.0 Å². The summed E-state index contributed by atoms with van der Waals surface area (Å²) in [7, 11) is 1.88. The summed E-state index contributed by atoms with van der Waals surface area (Å²) in [6, 6.07) is 6.22. The fourth-order valence-corrected chi connectivity index (χ4v) is 9.23. The van der Waals surface area contributed by atoms with Crippen molar-refractivity contribution in [2.45, 2.75) is 76.5 Å². The molecule has 8 rings (SSSR count). The van der Waals surface area contributed by atoms with Crippen molar-refractivity contribution in [3.63, 3.8) is 0 Å². The Morgan fingerprint density at radius 1 is 1.11 bits per heavy atom. The number of pyridine rings is 1. The zero-order valence-corrected chi connectivity index (χ0v) is 30.5. The lowest BCUT2D eigenvalue weighted by molar-refractivity contribution is -0.128. The SMILES string of the molecule is CCc1c(F)ccc2cc(O)cc(-c3ncc4c(N5CCOC[C@@](C)(O)C5)nc(OC[C@]56CCCC5N(CC5COC(O)N5C)CCC6)nc4c3F)c12. The molecule has 5 heterocycles. The molecule has 0 radical (unpaired) electrons. The molecule has 3 unspecified atom stereocenters. The molecule has 3 aliphatic heterocycles. The van der Waals surface area contributed by atoms with Crippen molar-refractivity contribution in [2.24, 2.45) is 5.41 Å². The molecule has 0 amide bonds. The average Bonchev–Trinajstić information content (AvgIpc) is 3.65. The van der Waals surface area contributed by atoms with E-state index in [4.69, 9.17) is 19.2 Å². The fourth-order valence-electron chi connectivity index (χ4n) is 9.23. The van der Waals surface area contributed by atoms with Gasteiger partial charge in [-0.15, -0.1) is 0 Å². The molecule has 14 heteroatoms. The molecule has 284 valence electrons. The van der Waals surface area contributed by atoms with Crippen LogP contribution in [0, 0.1) is 17.0 Å². The number of piperidine rings is 1. The van der Waals surface area contributed by atoms with E-state index in [-0.39, 0.29) is 59.2 Å². The smallest absolute Gasteiger partial charge is 0.319 e. The number of β-amino-alcohol motifs (C(OH)–C–C–N with tert-alkyl or cyclic N) is 1. The summed E-state index contributed by atoms with van der Waals surface area (Å²) in [6.07, 6.45) is 5.99. The number of likely N-dealkylation sites (N-methyl/N-ethyl adjacent to an activating group) is 1. The predicted molar refractivity (Wildman–Crippen MR) is 195 cm³/mol. The largest absolute Gasteiger partial charge is 0.508 e. The molecular weight excluding hydrogens is 686 g/mol. The van der Waals surface area contributed by atoms with Crippen LogP contribution < -0.4 is 9.64 Å². The number of hydrogen-bond donors (Lipinski definition) is 3. The topological polar surface area (TPSA) is 137 Å². The van der Waals surface area contributed by atoms with Gasteiger partial charge in [-0.2, -0.15) is 9.97 Å². The van der Waals surface area contributed by atoms with Gasteiger partial charge >= 0.3 is 6.01 Å². The monoisotopic (exact) mass is 734 g/mol. The molecule has 3 saturated heterocycles. The zero-order chi connectivity index (χ0) is 37.1. The van der Waals surface area contributed by atoms with Crippen LogP contribution in [0.25, 0.3) is 32.9 Å². The Kier molecular flexibility index (Phi) is 9.65. The van der Waals surface area contributed by atoms with Gasteiger partial charge in [0.15, 0.2) is 5.82 Å². The summed E-state index contributed by atoms with van der Waals surface area (Å²) < 4.78 is 49.9. The van der Waals surface area contributed by atoms with Crippen LogP contribution in [0.15, 0.2) is 30.5 Å². The quantitative estimate of drug-likeness (QED) is 0.234. The summed E-state index contributed by atoms with van der Waals surface area (Å²) in [6.45, 7) is 7.08. The first-order valence-electron chi connectivity index (χ1n) is 18.7. The lowest BCUT2D eigenvalue weighted by Gasteiger charge is -2.47. The first-order valence-corrected chi connectivity index (χ1v) is 18.7. The van der Waals surface area contributed by atoms with Gasteiger partial charge in [0, 0.05) is 36.3 Å². The van der Waals surface area contributed by atoms with Crippen LogP contribution in [0.5, 0.6) is 11.8 Å². The van der Waals surface area contributed by atoms with Gasteiger partial charge in [0.1, 0.15) is 34.2 Å². The van der Waals surface area contributed by atoms with Crippen molar-refractivity contribution in [3.05, 3.63) is 47.7 Å². The number of aliphatic hydroxyl groups is 2. The highest BCUT2D eigenvalue weighted by atomic mass is 19.1. The number of aryl methyl sites for hydroxylation is 1. The van der Waals surface area contributed by atoms with Gasteiger partial charge in [-0.25, -0.2) is 8.78 Å². The van der Waals surface area contributed by atoms with Crippen LogP contribution in [0.3, 0.4) is 0 Å². The molecule has 0 spiro atoms. The van der Waals surface area contributed by atoms with Crippen LogP contribution in [-0.4, -0.2) is 124 Å². The van der Waals surface area contributed by atoms with Crippen molar-refractivity contribution < 1.29 is 38.3 Å². The lowest BCUT2D eigenvalue weighted by atomic mass is 9.75. The molecule has 2 aromatic heterocycles. The maximum atomic E-state index is 17.1. The third-order valence-corrected chi connectivity index (χ3v) is 11.9. The summed E-state index contributed by atoms with van der Waals surface area (Å²) in [5.41, 5.74) is -0.810. The summed E-state index contributed by atoms with van der Waals surface area (Å²) >= 11 is 0. The first kappa shape index (κ1) is 36.2. The fraction of sp³-hybridized carbons (Fsp3) is 0.564. The second-order valence-corrected chi connectivity index (χ2v) is 15.6. The molecule has 4 fully saturated rings. The normalized spacial score (nSPS) is 28.5. The van der Waals surface area contributed by atoms with E-state index in [1.165, 1.54) is 24.4 Å².